The lowest BCUT2D eigenvalue weighted by Gasteiger charge is -2.26. The zero-order chi connectivity index (χ0) is 16.4. The fourth-order valence-corrected chi connectivity index (χ4v) is 3.53. The van der Waals surface area contributed by atoms with Crippen molar-refractivity contribution in [3.05, 3.63) is 28.3 Å². The van der Waals surface area contributed by atoms with Gasteiger partial charge >= 0.3 is 0 Å². The van der Waals surface area contributed by atoms with Crippen LogP contribution in [0, 0.1) is 6.92 Å². The van der Waals surface area contributed by atoms with E-state index < -0.39 is 9.05 Å². The summed E-state index contributed by atoms with van der Waals surface area (Å²) >= 11 is 6.04. The van der Waals surface area contributed by atoms with E-state index in [9.17, 15) is 13.2 Å². The van der Waals surface area contributed by atoms with Crippen LogP contribution in [-0.4, -0.2) is 31.8 Å². The van der Waals surface area contributed by atoms with Crippen LogP contribution in [0.25, 0.3) is 0 Å². The van der Waals surface area contributed by atoms with Crippen LogP contribution in [-0.2, 0) is 9.05 Å². The molecule has 7 heteroatoms. The first-order chi connectivity index (χ1) is 9.59. The van der Waals surface area contributed by atoms with Crippen LogP contribution >= 0.6 is 22.3 Å². The van der Waals surface area contributed by atoms with Crippen molar-refractivity contribution in [3.63, 3.8) is 0 Å². The maximum absolute atomic E-state index is 12.5. The maximum Gasteiger partial charge on any atom is 0.261 e. The predicted octanol–water partition coefficient (Wildman–Crippen LogP) is 3.84. The standard InChI is InChI=1S/C14H19Cl2NO3S/c1-5-6-17(9(2)3)14(18)11-7-12(15)10(4)13(8-11)21(16,19)20/h7-9H,5-6H2,1-4H3. The third-order valence-electron chi connectivity index (χ3n) is 3.16. The Balaban J connectivity index is 3.38. The van der Waals surface area contributed by atoms with E-state index in [-0.39, 0.29) is 27.4 Å². The third kappa shape index (κ3) is 4.34. The number of hydrogen-bond acceptors (Lipinski definition) is 3. The van der Waals surface area contributed by atoms with Gasteiger partial charge in [0.25, 0.3) is 15.0 Å². The van der Waals surface area contributed by atoms with Crippen LogP contribution in [0.4, 0.5) is 0 Å². The van der Waals surface area contributed by atoms with E-state index in [1.54, 1.807) is 11.8 Å². The molecule has 0 aliphatic carbocycles. The van der Waals surface area contributed by atoms with Gasteiger partial charge in [-0.25, -0.2) is 8.42 Å². The van der Waals surface area contributed by atoms with Gasteiger partial charge in [0, 0.05) is 33.9 Å². The smallest absolute Gasteiger partial charge is 0.261 e. The summed E-state index contributed by atoms with van der Waals surface area (Å²) in [4.78, 5) is 14.1. The lowest BCUT2D eigenvalue weighted by molar-refractivity contribution is 0.0705. The Morgan fingerprint density at radius 2 is 1.90 bits per heavy atom. The second-order valence-electron chi connectivity index (χ2n) is 5.11. The molecule has 0 spiro atoms. The van der Waals surface area contributed by atoms with E-state index in [1.165, 1.54) is 12.1 Å². The minimum atomic E-state index is -3.95. The van der Waals surface area contributed by atoms with Crippen molar-refractivity contribution < 1.29 is 13.2 Å². The van der Waals surface area contributed by atoms with Gasteiger partial charge in [-0.2, -0.15) is 0 Å². The van der Waals surface area contributed by atoms with E-state index in [0.29, 0.717) is 12.1 Å². The molecular weight excluding hydrogens is 333 g/mol. The number of halogens is 2. The summed E-state index contributed by atoms with van der Waals surface area (Å²) in [6.07, 6.45) is 0.810. The Bertz CT molecular complexity index is 642. The summed E-state index contributed by atoms with van der Waals surface area (Å²) in [5.74, 6) is -0.254. The molecule has 0 heterocycles. The number of benzene rings is 1. The average Bonchev–Trinajstić information content (AvgIpc) is 2.36. The second kappa shape index (κ2) is 6.99. The number of carbonyl (C=O) groups excluding carboxylic acids is 1. The molecule has 0 saturated heterocycles. The van der Waals surface area contributed by atoms with Gasteiger partial charge in [0.2, 0.25) is 0 Å². The monoisotopic (exact) mass is 351 g/mol. The first kappa shape index (κ1) is 18.3. The Kier molecular flexibility index (Phi) is 6.08. The predicted molar refractivity (Wildman–Crippen MR) is 85.7 cm³/mol. The molecule has 0 bridgehead atoms. The summed E-state index contributed by atoms with van der Waals surface area (Å²) in [6.45, 7) is 7.92. The van der Waals surface area contributed by atoms with Gasteiger partial charge in [-0.3, -0.25) is 4.79 Å². The van der Waals surface area contributed by atoms with E-state index in [0.717, 1.165) is 6.42 Å². The largest absolute Gasteiger partial charge is 0.336 e. The van der Waals surface area contributed by atoms with E-state index in [4.69, 9.17) is 22.3 Å². The van der Waals surface area contributed by atoms with Gasteiger partial charge in [-0.05, 0) is 44.9 Å². The van der Waals surface area contributed by atoms with Gasteiger partial charge in [0.1, 0.15) is 0 Å². The van der Waals surface area contributed by atoms with E-state index >= 15 is 0 Å². The van der Waals surface area contributed by atoms with Crippen molar-refractivity contribution in [1.29, 1.82) is 0 Å². The van der Waals surface area contributed by atoms with Crippen molar-refractivity contribution in [2.45, 2.75) is 45.1 Å². The number of carbonyl (C=O) groups is 1. The molecule has 0 radical (unpaired) electrons. The van der Waals surface area contributed by atoms with Crippen molar-refractivity contribution in [3.8, 4) is 0 Å². The number of nitrogens with zero attached hydrogens (tertiary/aromatic N) is 1. The van der Waals surface area contributed by atoms with Crippen molar-refractivity contribution >= 4 is 37.2 Å². The molecule has 1 aromatic carbocycles. The summed E-state index contributed by atoms with van der Waals surface area (Å²) in [6, 6.07) is 2.78. The van der Waals surface area contributed by atoms with Crippen LogP contribution in [0.2, 0.25) is 5.02 Å². The Hall–Kier alpha value is -0.780. The van der Waals surface area contributed by atoms with Gasteiger partial charge in [0.15, 0.2) is 0 Å². The molecule has 1 rings (SSSR count). The van der Waals surface area contributed by atoms with Crippen LogP contribution < -0.4 is 0 Å². The first-order valence-electron chi connectivity index (χ1n) is 6.65. The number of hydrogen-bond donors (Lipinski definition) is 0. The highest BCUT2D eigenvalue weighted by Crippen LogP contribution is 2.28. The fraction of sp³-hybridized carbons (Fsp3) is 0.500. The first-order valence-corrected chi connectivity index (χ1v) is 9.34. The number of amides is 1. The molecule has 118 valence electrons. The van der Waals surface area contributed by atoms with Crippen molar-refractivity contribution in [2.75, 3.05) is 6.54 Å². The van der Waals surface area contributed by atoms with Crippen LogP contribution in [0.1, 0.15) is 43.1 Å². The van der Waals surface area contributed by atoms with E-state index in [1.807, 2.05) is 20.8 Å². The van der Waals surface area contributed by atoms with Crippen LogP contribution in [0.15, 0.2) is 17.0 Å². The molecule has 0 atom stereocenters. The molecule has 0 fully saturated rings. The minimum Gasteiger partial charge on any atom is -0.336 e. The zero-order valence-corrected chi connectivity index (χ0v) is 14.8. The highest BCUT2D eigenvalue weighted by Gasteiger charge is 2.23. The molecule has 0 N–H and O–H groups in total. The topological polar surface area (TPSA) is 54.5 Å². The van der Waals surface area contributed by atoms with Gasteiger partial charge in [0.05, 0.1) is 4.90 Å². The molecule has 1 aromatic rings. The third-order valence-corrected chi connectivity index (χ3v) is 5.00. The van der Waals surface area contributed by atoms with E-state index in [2.05, 4.69) is 0 Å². The Morgan fingerprint density at radius 1 is 1.33 bits per heavy atom. The lowest BCUT2D eigenvalue weighted by atomic mass is 10.1. The summed E-state index contributed by atoms with van der Waals surface area (Å²) in [5.41, 5.74) is 0.571. The molecule has 4 nitrogen and oxygen atoms in total. The van der Waals surface area contributed by atoms with Crippen molar-refractivity contribution in [2.24, 2.45) is 0 Å². The van der Waals surface area contributed by atoms with Crippen LogP contribution in [0.5, 0.6) is 0 Å². The molecule has 0 saturated carbocycles. The lowest BCUT2D eigenvalue weighted by Crippen LogP contribution is -2.37. The summed E-state index contributed by atoms with van der Waals surface area (Å²) < 4.78 is 23.2. The SMILES string of the molecule is CCCN(C(=O)c1cc(Cl)c(C)c(S(=O)(=O)Cl)c1)C(C)C. The second-order valence-corrected chi connectivity index (χ2v) is 8.05. The summed E-state index contributed by atoms with van der Waals surface area (Å²) in [7, 11) is 1.45. The van der Waals surface area contributed by atoms with Gasteiger partial charge in [-0.15, -0.1) is 0 Å². The highest BCUT2D eigenvalue weighted by molar-refractivity contribution is 8.13. The molecule has 0 aromatic heterocycles. The number of rotatable bonds is 5. The average molecular weight is 352 g/mol. The Labute approximate surface area is 135 Å². The van der Waals surface area contributed by atoms with Gasteiger partial charge in [-0.1, -0.05) is 18.5 Å². The fourth-order valence-electron chi connectivity index (χ4n) is 2.03. The maximum atomic E-state index is 12.5. The zero-order valence-electron chi connectivity index (χ0n) is 12.5. The molecule has 0 aliphatic heterocycles. The minimum absolute atomic E-state index is 0.00795. The quantitative estimate of drug-likeness (QED) is 0.757. The molecule has 0 aliphatic rings. The highest BCUT2D eigenvalue weighted by atomic mass is 35.7. The molecule has 0 unspecified atom stereocenters. The molecule has 21 heavy (non-hydrogen) atoms. The van der Waals surface area contributed by atoms with Crippen LogP contribution in [0.3, 0.4) is 0 Å². The molecular formula is C14H19Cl2NO3S. The Morgan fingerprint density at radius 3 is 2.33 bits per heavy atom. The summed E-state index contributed by atoms with van der Waals surface area (Å²) in [5, 5.41) is 0.209. The molecule has 1 amide bonds. The normalized spacial score (nSPS) is 11.8. The van der Waals surface area contributed by atoms with Crippen molar-refractivity contribution in [1.82, 2.24) is 4.90 Å². The van der Waals surface area contributed by atoms with Gasteiger partial charge < -0.3 is 4.90 Å².